The summed E-state index contributed by atoms with van der Waals surface area (Å²) in [6, 6.07) is 14.6. The molecule has 0 aliphatic carbocycles. The van der Waals surface area contributed by atoms with Gasteiger partial charge in [0.2, 0.25) is 11.9 Å². The molecule has 5 nitrogen and oxygen atoms in total. The van der Waals surface area contributed by atoms with Crippen molar-refractivity contribution in [1.82, 2.24) is 15.0 Å². The quantitative estimate of drug-likeness (QED) is 0.637. The first-order valence-electron chi connectivity index (χ1n) is 9.38. The second kappa shape index (κ2) is 8.16. The summed E-state index contributed by atoms with van der Waals surface area (Å²) in [7, 11) is 0. The van der Waals surface area contributed by atoms with E-state index in [9.17, 15) is 0 Å². The van der Waals surface area contributed by atoms with Crippen LogP contribution in [0.5, 0.6) is 0 Å². The van der Waals surface area contributed by atoms with Crippen LogP contribution in [0.25, 0.3) is 0 Å². The van der Waals surface area contributed by atoms with Crippen LogP contribution in [0.1, 0.15) is 35.9 Å². The topological polar surface area (TPSA) is 53.9 Å². The number of anilines is 4. The van der Waals surface area contributed by atoms with Crippen molar-refractivity contribution in [3.05, 3.63) is 65.0 Å². The number of para-hydroxylation sites is 1. The lowest BCUT2D eigenvalue weighted by Crippen LogP contribution is -2.21. The van der Waals surface area contributed by atoms with E-state index < -0.39 is 0 Å². The van der Waals surface area contributed by atoms with Crippen molar-refractivity contribution in [3.8, 4) is 0 Å². The molecule has 0 unspecified atom stereocenters. The van der Waals surface area contributed by atoms with Crippen molar-refractivity contribution in [2.75, 3.05) is 16.8 Å². The van der Waals surface area contributed by atoms with Gasteiger partial charge in [0.15, 0.2) is 0 Å². The molecule has 0 aliphatic rings. The number of nitrogens with one attached hydrogen (secondary N) is 1. The molecule has 0 aliphatic heterocycles. The molecule has 1 N–H and O–H groups in total. The maximum atomic E-state index is 4.72. The Labute approximate surface area is 161 Å². The van der Waals surface area contributed by atoms with E-state index in [4.69, 9.17) is 4.98 Å². The van der Waals surface area contributed by atoms with E-state index in [2.05, 4.69) is 72.1 Å². The highest BCUT2D eigenvalue weighted by atomic mass is 15.3. The normalized spacial score (nSPS) is 10.7. The van der Waals surface area contributed by atoms with Gasteiger partial charge >= 0.3 is 0 Å². The van der Waals surface area contributed by atoms with Crippen LogP contribution in [0.3, 0.4) is 0 Å². The lowest BCUT2D eigenvalue weighted by molar-refractivity contribution is 0.835. The van der Waals surface area contributed by atoms with E-state index in [1.54, 1.807) is 0 Å². The summed E-state index contributed by atoms with van der Waals surface area (Å²) >= 11 is 0. The van der Waals surface area contributed by atoms with Gasteiger partial charge in [0.05, 0.1) is 0 Å². The highest BCUT2D eigenvalue weighted by molar-refractivity contribution is 5.65. The van der Waals surface area contributed by atoms with Gasteiger partial charge in [-0.25, -0.2) is 0 Å². The molecule has 0 atom stereocenters. The molecule has 3 rings (SSSR count). The molecule has 2 aromatic carbocycles. The fraction of sp³-hybridized carbons (Fsp3) is 0.318. The molecule has 5 heteroatoms. The molecule has 0 radical (unpaired) electrons. The Bertz CT molecular complexity index is 898. The van der Waals surface area contributed by atoms with Crippen LogP contribution < -0.4 is 10.2 Å². The number of rotatable bonds is 6. The molecular formula is C22H27N5. The van der Waals surface area contributed by atoms with E-state index in [1.807, 2.05) is 25.1 Å². The van der Waals surface area contributed by atoms with E-state index in [0.29, 0.717) is 17.7 Å². The van der Waals surface area contributed by atoms with E-state index in [0.717, 1.165) is 24.3 Å². The van der Waals surface area contributed by atoms with Crippen LogP contribution in [0, 0.1) is 27.7 Å². The minimum absolute atomic E-state index is 0.574. The van der Waals surface area contributed by atoms with Crippen molar-refractivity contribution in [2.45, 2.75) is 41.0 Å². The first kappa shape index (κ1) is 18.8. The van der Waals surface area contributed by atoms with Gasteiger partial charge in [-0.15, -0.1) is 0 Å². The van der Waals surface area contributed by atoms with Gasteiger partial charge in [-0.2, -0.15) is 15.0 Å². The molecule has 3 aromatic rings. The number of aromatic nitrogens is 3. The zero-order valence-corrected chi connectivity index (χ0v) is 16.7. The standard InChI is InChI=1S/C22H27N5/c1-6-12-27(19-10-8-7-9-11-19)22-24-18(5)23-21(26-22)25-20-16(3)13-15(2)14-17(20)4/h7-11,13-14H,6,12H2,1-5H3,(H,23,24,25,26). The maximum Gasteiger partial charge on any atom is 0.234 e. The lowest BCUT2D eigenvalue weighted by atomic mass is 10.1. The van der Waals surface area contributed by atoms with Crippen LogP contribution in [-0.4, -0.2) is 21.5 Å². The van der Waals surface area contributed by atoms with Crippen molar-refractivity contribution < 1.29 is 0 Å². The molecule has 27 heavy (non-hydrogen) atoms. The van der Waals surface area contributed by atoms with Crippen LogP contribution in [-0.2, 0) is 0 Å². The number of benzene rings is 2. The third-order valence-corrected chi connectivity index (χ3v) is 4.41. The molecule has 1 aromatic heterocycles. The fourth-order valence-electron chi connectivity index (χ4n) is 3.31. The summed E-state index contributed by atoms with van der Waals surface area (Å²) in [5, 5.41) is 3.41. The van der Waals surface area contributed by atoms with Crippen LogP contribution in [0.2, 0.25) is 0 Å². The summed E-state index contributed by atoms with van der Waals surface area (Å²) in [5.41, 5.74) is 5.75. The predicted octanol–water partition coefficient (Wildman–Crippen LogP) is 5.40. The number of hydrogen-bond acceptors (Lipinski definition) is 5. The van der Waals surface area contributed by atoms with Crippen LogP contribution in [0.15, 0.2) is 42.5 Å². The molecule has 0 saturated carbocycles. The van der Waals surface area contributed by atoms with Crippen LogP contribution in [0.4, 0.5) is 23.3 Å². The summed E-state index contributed by atoms with van der Waals surface area (Å²) in [5.74, 6) is 1.94. The Morgan fingerprint density at radius 2 is 1.56 bits per heavy atom. The lowest BCUT2D eigenvalue weighted by Gasteiger charge is -2.23. The summed E-state index contributed by atoms with van der Waals surface area (Å²) < 4.78 is 0. The Balaban J connectivity index is 1.99. The van der Waals surface area contributed by atoms with E-state index in [-0.39, 0.29) is 0 Å². The zero-order valence-electron chi connectivity index (χ0n) is 16.7. The first-order valence-corrected chi connectivity index (χ1v) is 9.38. The summed E-state index contributed by atoms with van der Waals surface area (Å²) in [6.45, 7) is 11.2. The average molecular weight is 361 g/mol. The Morgan fingerprint density at radius 3 is 2.19 bits per heavy atom. The summed E-state index contributed by atoms with van der Waals surface area (Å²) in [6.07, 6.45) is 0.999. The SMILES string of the molecule is CCCN(c1ccccc1)c1nc(C)nc(Nc2c(C)cc(C)cc2C)n1. The second-order valence-electron chi connectivity index (χ2n) is 6.89. The van der Waals surface area contributed by atoms with Crippen molar-refractivity contribution >= 4 is 23.3 Å². The number of hydrogen-bond donors (Lipinski definition) is 1. The largest absolute Gasteiger partial charge is 0.324 e. The van der Waals surface area contributed by atoms with E-state index >= 15 is 0 Å². The molecule has 0 fully saturated rings. The van der Waals surface area contributed by atoms with Gasteiger partial charge in [0.25, 0.3) is 0 Å². The Kier molecular flexibility index (Phi) is 5.69. The predicted molar refractivity (Wildman–Crippen MR) is 112 cm³/mol. The van der Waals surface area contributed by atoms with Gasteiger partial charge in [0.1, 0.15) is 5.82 Å². The smallest absolute Gasteiger partial charge is 0.234 e. The molecule has 1 heterocycles. The minimum atomic E-state index is 0.574. The van der Waals surface area contributed by atoms with Gasteiger partial charge in [-0.1, -0.05) is 42.8 Å². The minimum Gasteiger partial charge on any atom is -0.324 e. The van der Waals surface area contributed by atoms with Crippen molar-refractivity contribution in [1.29, 1.82) is 0 Å². The highest BCUT2D eigenvalue weighted by Gasteiger charge is 2.15. The molecule has 0 amide bonds. The maximum absolute atomic E-state index is 4.72. The molecule has 0 bridgehead atoms. The molecule has 140 valence electrons. The summed E-state index contributed by atoms with van der Waals surface area (Å²) in [4.78, 5) is 16.0. The van der Waals surface area contributed by atoms with Gasteiger partial charge < -0.3 is 10.2 Å². The van der Waals surface area contributed by atoms with Gasteiger partial charge in [0, 0.05) is 17.9 Å². The van der Waals surface area contributed by atoms with Crippen molar-refractivity contribution in [2.24, 2.45) is 0 Å². The van der Waals surface area contributed by atoms with E-state index in [1.165, 1.54) is 16.7 Å². The Morgan fingerprint density at radius 1 is 0.889 bits per heavy atom. The Hall–Kier alpha value is -2.95. The first-order chi connectivity index (χ1) is 13.0. The fourth-order valence-corrected chi connectivity index (χ4v) is 3.31. The van der Waals surface area contributed by atoms with Crippen LogP contribution >= 0.6 is 0 Å². The molecule has 0 spiro atoms. The zero-order chi connectivity index (χ0) is 19.4. The number of nitrogens with zero attached hydrogens (tertiary/aromatic N) is 4. The van der Waals surface area contributed by atoms with Gasteiger partial charge in [-0.05, 0) is 57.4 Å². The molecule has 0 saturated heterocycles. The highest BCUT2D eigenvalue weighted by Crippen LogP contribution is 2.27. The average Bonchev–Trinajstić information content (AvgIpc) is 2.63. The molecular weight excluding hydrogens is 334 g/mol. The third-order valence-electron chi connectivity index (χ3n) is 4.41. The number of aryl methyl sites for hydroxylation is 4. The monoisotopic (exact) mass is 361 g/mol. The van der Waals surface area contributed by atoms with Gasteiger partial charge in [-0.3, -0.25) is 0 Å². The van der Waals surface area contributed by atoms with Crippen molar-refractivity contribution in [3.63, 3.8) is 0 Å². The second-order valence-corrected chi connectivity index (χ2v) is 6.89. The third kappa shape index (κ3) is 4.42.